The molecule has 21 heavy (non-hydrogen) atoms. The van der Waals surface area contributed by atoms with Gasteiger partial charge in [0.15, 0.2) is 5.82 Å². The molecule has 1 aliphatic rings. The first kappa shape index (κ1) is 16.4. The second kappa shape index (κ2) is 6.41. The second-order valence-electron chi connectivity index (χ2n) is 5.49. The summed E-state index contributed by atoms with van der Waals surface area (Å²) in [6, 6.07) is 1.41. The molecule has 1 aromatic rings. The Bertz CT molecular complexity index is 559. The summed E-state index contributed by atoms with van der Waals surface area (Å²) in [5, 5.41) is 0.274. The lowest BCUT2D eigenvalue weighted by atomic mass is 9.95. The first-order valence-corrected chi connectivity index (χ1v) is 7.76. The summed E-state index contributed by atoms with van der Waals surface area (Å²) in [6.07, 6.45) is 3.33. The molecule has 1 fully saturated rings. The predicted octanol–water partition coefficient (Wildman–Crippen LogP) is 4.38. The van der Waals surface area contributed by atoms with Gasteiger partial charge >= 0.3 is 5.97 Å². The summed E-state index contributed by atoms with van der Waals surface area (Å²) < 4.78 is 19.5. The molecule has 6 heteroatoms. The van der Waals surface area contributed by atoms with Gasteiger partial charge in [0, 0.05) is 10.6 Å². The van der Waals surface area contributed by atoms with Crippen LogP contribution in [0.5, 0.6) is 0 Å². The van der Waals surface area contributed by atoms with Gasteiger partial charge in [-0.3, -0.25) is 4.79 Å². The van der Waals surface area contributed by atoms with Crippen LogP contribution in [0.2, 0.25) is 10.0 Å². The van der Waals surface area contributed by atoms with E-state index in [1.54, 1.807) is 0 Å². The molecule has 3 nitrogen and oxygen atoms in total. The second-order valence-corrected chi connectivity index (χ2v) is 6.31. The number of nitrogens with two attached hydrogens (primary N) is 1. The van der Waals surface area contributed by atoms with E-state index < -0.39 is 11.2 Å². The average Bonchev–Trinajstić information content (AvgIpc) is 3.22. The Morgan fingerprint density at radius 2 is 2.10 bits per heavy atom. The quantitative estimate of drug-likeness (QED) is 0.477. The molecule has 1 aromatic carbocycles. The Morgan fingerprint density at radius 1 is 1.43 bits per heavy atom. The van der Waals surface area contributed by atoms with Crippen LogP contribution in [0.3, 0.4) is 0 Å². The number of hydrogen-bond acceptors (Lipinski definition) is 3. The summed E-state index contributed by atoms with van der Waals surface area (Å²) in [5.74, 6) is -0.917. The zero-order chi connectivity index (χ0) is 15.6. The van der Waals surface area contributed by atoms with E-state index in [9.17, 15) is 9.18 Å². The number of hydrogen-bond donors (Lipinski definition) is 1. The number of anilines is 1. The Labute approximate surface area is 133 Å². The normalized spacial score (nSPS) is 15.8. The fraction of sp³-hybridized carbons (Fsp3) is 0.533. The molecule has 1 aliphatic carbocycles. The number of carbonyl (C=O) groups is 1. The van der Waals surface area contributed by atoms with Crippen molar-refractivity contribution in [2.75, 3.05) is 12.3 Å². The summed E-state index contributed by atoms with van der Waals surface area (Å²) in [5.41, 5.74) is 5.04. The summed E-state index contributed by atoms with van der Waals surface area (Å²) in [6.45, 7) is 2.42. The topological polar surface area (TPSA) is 52.3 Å². The highest BCUT2D eigenvalue weighted by atomic mass is 35.5. The molecule has 2 rings (SSSR count). The standard InChI is InChI=1S/C15H18Cl2FNO2/c1-2-3-6-21-14(20)15(4-5-15)8-9-10(16)7-11(17)13(19)12(9)18/h7H,2-6,8,19H2,1H3. The fourth-order valence-electron chi connectivity index (χ4n) is 2.22. The third-order valence-corrected chi connectivity index (χ3v) is 4.48. The maximum atomic E-state index is 14.2. The lowest BCUT2D eigenvalue weighted by molar-refractivity contribution is -0.150. The van der Waals surface area contributed by atoms with Crippen molar-refractivity contribution in [1.82, 2.24) is 0 Å². The largest absolute Gasteiger partial charge is 0.465 e. The lowest BCUT2D eigenvalue weighted by Crippen LogP contribution is -2.23. The molecule has 0 spiro atoms. The zero-order valence-electron chi connectivity index (χ0n) is 11.8. The minimum atomic E-state index is -0.654. The summed E-state index contributed by atoms with van der Waals surface area (Å²) >= 11 is 11.8. The summed E-state index contributed by atoms with van der Waals surface area (Å²) in [7, 11) is 0. The van der Waals surface area contributed by atoms with Crippen molar-refractivity contribution >= 4 is 34.9 Å². The number of unbranched alkanes of at least 4 members (excludes halogenated alkanes) is 1. The number of ether oxygens (including phenoxy) is 1. The third kappa shape index (κ3) is 3.43. The van der Waals surface area contributed by atoms with E-state index in [0.29, 0.717) is 19.4 Å². The number of halogens is 3. The average molecular weight is 334 g/mol. The van der Waals surface area contributed by atoms with E-state index >= 15 is 0 Å². The molecule has 0 unspecified atom stereocenters. The number of esters is 1. The van der Waals surface area contributed by atoms with Gasteiger partial charge in [0.05, 0.1) is 22.7 Å². The fourth-order valence-corrected chi connectivity index (χ4v) is 2.72. The Hall–Kier alpha value is -1.00. The lowest BCUT2D eigenvalue weighted by Gasteiger charge is -2.17. The molecule has 1 saturated carbocycles. The molecule has 0 radical (unpaired) electrons. The maximum Gasteiger partial charge on any atom is 0.312 e. The smallest absolute Gasteiger partial charge is 0.312 e. The minimum Gasteiger partial charge on any atom is -0.465 e. The van der Waals surface area contributed by atoms with Gasteiger partial charge in [0.2, 0.25) is 0 Å². The van der Waals surface area contributed by atoms with Crippen LogP contribution in [-0.4, -0.2) is 12.6 Å². The van der Waals surface area contributed by atoms with E-state index in [1.807, 2.05) is 6.92 Å². The highest BCUT2D eigenvalue weighted by Gasteiger charge is 2.52. The van der Waals surface area contributed by atoms with Crippen LogP contribution in [0, 0.1) is 11.2 Å². The zero-order valence-corrected chi connectivity index (χ0v) is 13.4. The van der Waals surface area contributed by atoms with Crippen molar-refractivity contribution < 1.29 is 13.9 Å². The molecule has 0 amide bonds. The SMILES string of the molecule is CCCCOC(=O)C1(Cc2c(Cl)cc(Cl)c(N)c2F)CC1. The van der Waals surface area contributed by atoms with Crippen LogP contribution in [0.4, 0.5) is 10.1 Å². The van der Waals surface area contributed by atoms with E-state index in [-0.39, 0.29) is 33.7 Å². The molecular weight excluding hydrogens is 316 g/mol. The van der Waals surface area contributed by atoms with Crippen LogP contribution in [0.1, 0.15) is 38.2 Å². The summed E-state index contributed by atoms with van der Waals surface area (Å²) in [4.78, 5) is 12.1. The number of rotatable bonds is 6. The predicted molar refractivity (Wildman–Crippen MR) is 82.1 cm³/mol. The van der Waals surface area contributed by atoms with Gasteiger partial charge in [0.1, 0.15) is 0 Å². The van der Waals surface area contributed by atoms with Crippen molar-refractivity contribution in [1.29, 1.82) is 0 Å². The molecular formula is C15H18Cl2FNO2. The molecule has 0 aliphatic heterocycles. The Balaban J connectivity index is 2.15. The number of nitrogen functional groups attached to an aromatic ring is 1. The maximum absolute atomic E-state index is 14.2. The number of benzene rings is 1. The van der Waals surface area contributed by atoms with Crippen LogP contribution in [0.25, 0.3) is 0 Å². The molecule has 0 heterocycles. The van der Waals surface area contributed by atoms with Crippen molar-refractivity contribution in [2.24, 2.45) is 5.41 Å². The van der Waals surface area contributed by atoms with Gasteiger partial charge in [-0.1, -0.05) is 36.5 Å². The van der Waals surface area contributed by atoms with E-state index in [1.165, 1.54) is 6.07 Å². The van der Waals surface area contributed by atoms with E-state index in [0.717, 1.165) is 12.8 Å². The van der Waals surface area contributed by atoms with Gasteiger partial charge in [-0.15, -0.1) is 0 Å². The molecule has 0 aromatic heterocycles. The molecule has 0 atom stereocenters. The van der Waals surface area contributed by atoms with Crippen LogP contribution in [-0.2, 0) is 16.0 Å². The number of carbonyl (C=O) groups excluding carboxylic acids is 1. The van der Waals surface area contributed by atoms with Gasteiger partial charge in [0.25, 0.3) is 0 Å². The van der Waals surface area contributed by atoms with Gasteiger partial charge in [-0.25, -0.2) is 4.39 Å². The van der Waals surface area contributed by atoms with Gasteiger partial charge in [-0.2, -0.15) is 0 Å². The highest BCUT2D eigenvalue weighted by molar-refractivity contribution is 6.36. The van der Waals surface area contributed by atoms with E-state index in [2.05, 4.69) is 0 Å². The van der Waals surface area contributed by atoms with Crippen molar-refractivity contribution in [3.63, 3.8) is 0 Å². The van der Waals surface area contributed by atoms with Crippen molar-refractivity contribution in [2.45, 2.75) is 39.0 Å². The molecule has 0 bridgehead atoms. The highest BCUT2D eigenvalue weighted by Crippen LogP contribution is 2.51. The molecule has 116 valence electrons. The Morgan fingerprint density at radius 3 is 2.67 bits per heavy atom. The van der Waals surface area contributed by atoms with Crippen LogP contribution >= 0.6 is 23.2 Å². The van der Waals surface area contributed by atoms with Crippen LogP contribution < -0.4 is 5.73 Å². The van der Waals surface area contributed by atoms with Crippen molar-refractivity contribution in [3.8, 4) is 0 Å². The third-order valence-electron chi connectivity index (χ3n) is 3.83. The Kier molecular flexibility index (Phi) is 4.99. The van der Waals surface area contributed by atoms with E-state index in [4.69, 9.17) is 33.7 Å². The van der Waals surface area contributed by atoms with Gasteiger partial charge < -0.3 is 10.5 Å². The first-order chi connectivity index (χ1) is 9.91. The minimum absolute atomic E-state index is 0.0802. The van der Waals surface area contributed by atoms with Gasteiger partial charge in [-0.05, 0) is 31.7 Å². The first-order valence-electron chi connectivity index (χ1n) is 7.00. The molecule has 2 N–H and O–H groups in total. The monoisotopic (exact) mass is 333 g/mol. The van der Waals surface area contributed by atoms with Crippen LogP contribution in [0.15, 0.2) is 6.07 Å². The van der Waals surface area contributed by atoms with Crippen molar-refractivity contribution in [3.05, 3.63) is 27.5 Å². The molecule has 0 saturated heterocycles.